The van der Waals surface area contributed by atoms with E-state index in [1.54, 1.807) is 0 Å². The summed E-state index contributed by atoms with van der Waals surface area (Å²) >= 11 is 1.25. The molecule has 3 rings (SSSR count). The van der Waals surface area contributed by atoms with E-state index in [2.05, 4.69) is 0 Å². The average molecular weight is 309 g/mol. The van der Waals surface area contributed by atoms with Crippen molar-refractivity contribution in [2.75, 3.05) is 12.3 Å². The second-order valence-electron chi connectivity index (χ2n) is 4.82. The first-order valence-corrected chi connectivity index (χ1v) is 7.44. The Morgan fingerprint density at radius 2 is 1.90 bits per heavy atom. The highest BCUT2D eigenvalue weighted by Gasteiger charge is 2.29. The topological polar surface area (TPSA) is 52.3 Å². The number of nitrogens with two attached hydrogens (primary N) is 1. The Labute approximate surface area is 124 Å². The molecule has 1 aromatic heterocycles. The largest absolute Gasteiger partial charge is 0.492 e. The molecule has 1 aliphatic heterocycles. The van der Waals surface area contributed by atoms with Crippen LogP contribution in [0.2, 0.25) is 0 Å². The summed E-state index contributed by atoms with van der Waals surface area (Å²) in [5, 5.41) is 0.245. The van der Waals surface area contributed by atoms with Gasteiger partial charge in [0.25, 0.3) is 0 Å². The second-order valence-corrected chi connectivity index (χ2v) is 5.96. The molecule has 0 fully saturated rings. The van der Waals surface area contributed by atoms with Gasteiger partial charge in [0.05, 0.1) is 17.7 Å². The molecule has 0 aliphatic carbocycles. The van der Waals surface area contributed by atoms with Crippen LogP contribution in [0.25, 0.3) is 0 Å². The molecule has 2 aromatic rings. The van der Waals surface area contributed by atoms with Crippen molar-refractivity contribution in [2.24, 2.45) is 0 Å². The minimum atomic E-state index is -0.895. The van der Waals surface area contributed by atoms with Gasteiger partial charge in [0.1, 0.15) is 22.4 Å². The number of hydrogen-bond acceptors (Lipinski definition) is 4. The number of aryl methyl sites for hydroxylation is 1. The Balaban J connectivity index is 2.12. The SMILES string of the molecule is Nc1sc2c(c1C(=O)c1c(F)cccc1F)OCCCC2. The van der Waals surface area contributed by atoms with Gasteiger partial charge >= 0.3 is 0 Å². The predicted octanol–water partition coefficient (Wildman–Crippen LogP) is 3.55. The average Bonchev–Trinajstić information content (AvgIpc) is 2.59. The minimum Gasteiger partial charge on any atom is -0.492 e. The van der Waals surface area contributed by atoms with Gasteiger partial charge < -0.3 is 10.5 Å². The summed E-state index contributed by atoms with van der Waals surface area (Å²) in [6.45, 7) is 0.475. The first-order chi connectivity index (χ1) is 10.1. The van der Waals surface area contributed by atoms with E-state index in [1.165, 1.54) is 17.4 Å². The van der Waals surface area contributed by atoms with Crippen molar-refractivity contribution in [1.82, 2.24) is 0 Å². The van der Waals surface area contributed by atoms with E-state index in [0.717, 1.165) is 36.3 Å². The molecule has 0 radical (unpaired) electrons. The number of fused-ring (bicyclic) bond motifs is 1. The van der Waals surface area contributed by atoms with Crippen LogP contribution >= 0.6 is 11.3 Å². The lowest BCUT2D eigenvalue weighted by Crippen LogP contribution is -2.10. The van der Waals surface area contributed by atoms with Crippen LogP contribution in [0, 0.1) is 11.6 Å². The van der Waals surface area contributed by atoms with Crippen LogP contribution in [-0.2, 0) is 6.42 Å². The molecule has 3 nitrogen and oxygen atoms in total. The first kappa shape index (κ1) is 14.0. The summed E-state index contributed by atoms with van der Waals surface area (Å²) in [6.07, 6.45) is 2.58. The minimum absolute atomic E-state index is 0.0842. The van der Waals surface area contributed by atoms with Crippen molar-refractivity contribution in [1.29, 1.82) is 0 Å². The molecule has 0 amide bonds. The zero-order valence-electron chi connectivity index (χ0n) is 11.1. The number of ether oxygens (including phenoxy) is 1. The summed E-state index contributed by atoms with van der Waals surface area (Å²) < 4.78 is 33.2. The fourth-order valence-electron chi connectivity index (χ4n) is 2.42. The lowest BCUT2D eigenvalue weighted by Gasteiger charge is -2.08. The molecule has 2 heterocycles. The van der Waals surface area contributed by atoms with Crippen molar-refractivity contribution in [3.8, 4) is 5.75 Å². The molecule has 0 saturated heterocycles. The summed E-state index contributed by atoms with van der Waals surface area (Å²) in [7, 11) is 0. The lowest BCUT2D eigenvalue weighted by molar-refractivity contribution is 0.102. The van der Waals surface area contributed by atoms with E-state index in [0.29, 0.717) is 12.4 Å². The summed E-state index contributed by atoms with van der Waals surface area (Å²) in [5.74, 6) is -2.16. The van der Waals surface area contributed by atoms with E-state index >= 15 is 0 Å². The molecule has 1 aliphatic rings. The third-order valence-corrected chi connectivity index (χ3v) is 4.48. The number of carbonyl (C=O) groups excluding carboxylic acids is 1. The summed E-state index contributed by atoms with van der Waals surface area (Å²) in [4.78, 5) is 13.4. The van der Waals surface area contributed by atoms with Crippen molar-refractivity contribution in [2.45, 2.75) is 19.3 Å². The Morgan fingerprint density at radius 1 is 1.19 bits per heavy atom. The maximum absolute atomic E-state index is 13.8. The van der Waals surface area contributed by atoms with E-state index in [-0.39, 0.29) is 10.6 Å². The summed E-state index contributed by atoms with van der Waals surface area (Å²) in [5.41, 5.74) is 5.38. The number of rotatable bonds is 2. The fraction of sp³-hybridized carbons (Fsp3) is 0.267. The van der Waals surface area contributed by atoms with Crippen molar-refractivity contribution < 1.29 is 18.3 Å². The highest BCUT2D eigenvalue weighted by atomic mass is 32.1. The zero-order chi connectivity index (χ0) is 15.0. The molecular weight excluding hydrogens is 296 g/mol. The monoisotopic (exact) mass is 309 g/mol. The Morgan fingerprint density at radius 3 is 2.62 bits per heavy atom. The number of benzene rings is 1. The third-order valence-electron chi connectivity index (χ3n) is 3.42. The molecule has 0 saturated carbocycles. The number of anilines is 1. The van der Waals surface area contributed by atoms with Crippen LogP contribution in [0.3, 0.4) is 0 Å². The van der Waals surface area contributed by atoms with Crippen LogP contribution in [0.1, 0.15) is 33.6 Å². The summed E-state index contributed by atoms with van der Waals surface area (Å²) in [6, 6.07) is 3.33. The van der Waals surface area contributed by atoms with Crippen LogP contribution in [0.5, 0.6) is 5.75 Å². The number of carbonyl (C=O) groups is 1. The van der Waals surface area contributed by atoms with Crippen molar-refractivity contribution in [3.63, 3.8) is 0 Å². The normalized spacial score (nSPS) is 14.2. The highest BCUT2D eigenvalue weighted by Crippen LogP contribution is 2.41. The highest BCUT2D eigenvalue weighted by molar-refractivity contribution is 7.16. The smallest absolute Gasteiger partial charge is 0.205 e. The van der Waals surface area contributed by atoms with Crippen LogP contribution in [0.4, 0.5) is 13.8 Å². The number of halogens is 2. The molecule has 0 unspecified atom stereocenters. The number of hydrogen-bond donors (Lipinski definition) is 1. The van der Waals surface area contributed by atoms with E-state index in [4.69, 9.17) is 10.5 Å². The maximum Gasteiger partial charge on any atom is 0.205 e. The van der Waals surface area contributed by atoms with Crippen molar-refractivity contribution >= 4 is 22.1 Å². The van der Waals surface area contributed by atoms with E-state index in [9.17, 15) is 13.6 Å². The van der Waals surface area contributed by atoms with Gasteiger partial charge in [-0.3, -0.25) is 4.79 Å². The molecule has 21 heavy (non-hydrogen) atoms. The molecule has 6 heteroatoms. The number of ketones is 1. The Kier molecular flexibility index (Phi) is 3.63. The molecule has 2 N–H and O–H groups in total. The van der Waals surface area contributed by atoms with Crippen LogP contribution < -0.4 is 10.5 Å². The van der Waals surface area contributed by atoms with Crippen LogP contribution in [0.15, 0.2) is 18.2 Å². The first-order valence-electron chi connectivity index (χ1n) is 6.62. The molecule has 0 spiro atoms. The second kappa shape index (κ2) is 5.44. The van der Waals surface area contributed by atoms with E-state index < -0.39 is 23.0 Å². The van der Waals surface area contributed by atoms with Gasteiger partial charge in [-0.15, -0.1) is 11.3 Å². The molecule has 0 atom stereocenters. The number of thiophene rings is 1. The molecular formula is C15H13F2NO2S. The van der Waals surface area contributed by atoms with Gasteiger partial charge in [-0.2, -0.15) is 0 Å². The molecule has 0 bridgehead atoms. The van der Waals surface area contributed by atoms with Crippen molar-refractivity contribution in [3.05, 3.63) is 45.8 Å². The van der Waals surface area contributed by atoms with Crippen LogP contribution in [-0.4, -0.2) is 12.4 Å². The quantitative estimate of drug-likeness (QED) is 0.863. The standard InChI is InChI=1S/C15H13F2NO2S/c16-8-4-3-5-9(17)11(8)13(19)12-14-10(21-15(12)18)6-1-2-7-20-14/h3-5H,1-2,6-7,18H2. The van der Waals surface area contributed by atoms with Gasteiger partial charge in [0.15, 0.2) is 0 Å². The zero-order valence-corrected chi connectivity index (χ0v) is 11.9. The predicted molar refractivity (Wildman–Crippen MR) is 77.0 cm³/mol. The Bertz CT molecular complexity index is 692. The van der Waals surface area contributed by atoms with Gasteiger partial charge in [0, 0.05) is 4.88 Å². The molecule has 1 aromatic carbocycles. The lowest BCUT2D eigenvalue weighted by atomic mass is 10.0. The van der Waals surface area contributed by atoms with E-state index in [1.807, 2.05) is 0 Å². The number of nitrogen functional groups attached to an aromatic ring is 1. The van der Waals surface area contributed by atoms with Gasteiger partial charge in [-0.25, -0.2) is 8.78 Å². The molecule has 110 valence electrons. The maximum atomic E-state index is 13.8. The Hall–Kier alpha value is -1.95. The van der Waals surface area contributed by atoms with Gasteiger partial charge in [-0.1, -0.05) is 6.07 Å². The fourth-order valence-corrected chi connectivity index (χ4v) is 3.47. The third kappa shape index (κ3) is 2.40. The van der Waals surface area contributed by atoms with Gasteiger partial charge in [0.2, 0.25) is 5.78 Å². The van der Waals surface area contributed by atoms with Gasteiger partial charge in [-0.05, 0) is 31.4 Å².